The molecule has 2 heterocycles. The number of nitrogens with zero attached hydrogens (tertiary/aromatic N) is 2. The number of benzene rings is 4. The van der Waals surface area contributed by atoms with Crippen molar-refractivity contribution in [3.63, 3.8) is 0 Å². The second kappa shape index (κ2) is 9.67. The molecule has 2 fully saturated rings. The van der Waals surface area contributed by atoms with Gasteiger partial charge in [0, 0.05) is 30.6 Å². The fraction of sp³-hybridized carbons (Fsp3) is 0.281. The van der Waals surface area contributed by atoms with Crippen LogP contribution < -0.4 is 0 Å². The molecule has 4 aromatic carbocycles. The molecule has 0 aromatic heterocycles. The first-order valence-corrected chi connectivity index (χ1v) is 12.9. The smallest absolute Gasteiger partial charge is 0.254 e. The Morgan fingerprint density at radius 1 is 0.657 bits per heavy atom. The summed E-state index contributed by atoms with van der Waals surface area (Å²) in [5.74, 6) is 1.13. The molecule has 0 spiro atoms. The Bertz CT molecular complexity index is 1290. The van der Waals surface area contributed by atoms with E-state index in [1.54, 1.807) is 0 Å². The van der Waals surface area contributed by atoms with Crippen LogP contribution in [0.5, 0.6) is 0 Å². The largest absolute Gasteiger partial charge is 0.336 e. The van der Waals surface area contributed by atoms with Gasteiger partial charge in [0.1, 0.15) is 0 Å². The summed E-state index contributed by atoms with van der Waals surface area (Å²) in [6.07, 6.45) is 2.36. The van der Waals surface area contributed by atoms with E-state index < -0.39 is 0 Å². The molecule has 3 heteroatoms. The zero-order chi connectivity index (χ0) is 23.6. The van der Waals surface area contributed by atoms with Crippen molar-refractivity contribution in [1.82, 2.24) is 9.80 Å². The van der Waals surface area contributed by atoms with Gasteiger partial charge in [0.05, 0.1) is 0 Å². The van der Waals surface area contributed by atoms with Crippen LogP contribution in [0.3, 0.4) is 0 Å². The molecule has 6 rings (SSSR count). The van der Waals surface area contributed by atoms with Crippen LogP contribution in [0.2, 0.25) is 0 Å². The number of hydrogen-bond acceptors (Lipinski definition) is 2. The molecule has 2 atom stereocenters. The van der Waals surface area contributed by atoms with Gasteiger partial charge in [0.25, 0.3) is 5.91 Å². The quantitative estimate of drug-likeness (QED) is 0.355. The van der Waals surface area contributed by atoms with E-state index in [-0.39, 0.29) is 5.91 Å². The van der Waals surface area contributed by atoms with E-state index in [0.29, 0.717) is 17.9 Å². The molecule has 0 bridgehead atoms. The van der Waals surface area contributed by atoms with Gasteiger partial charge >= 0.3 is 0 Å². The van der Waals surface area contributed by atoms with Crippen LogP contribution in [0.4, 0.5) is 0 Å². The molecular weight excluding hydrogens is 428 g/mol. The van der Waals surface area contributed by atoms with E-state index in [0.717, 1.165) is 42.5 Å². The van der Waals surface area contributed by atoms with Crippen molar-refractivity contribution >= 4 is 16.7 Å². The van der Waals surface area contributed by atoms with Gasteiger partial charge in [-0.25, -0.2) is 0 Å². The first kappa shape index (κ1) is 22.1. The Labute approximate surface area is 208 Å². The maximum absolute atomic E-state index is 13.8. The topological polar surface area (TPSA) is 23.6 Å². The van der Waals surface area contributed by atoms with Gasteiger partial charge in [-0.3, -0.25) is 9.69 Å². The monoisotopic (exact) mass is 460 g/mol. The number of fused-ring (bicyclic) bond motifs is 1. The highest BCUT2D eigenvalue weighted by atomic mass is 16.2. The van der Waals surface area contributed by atoms with E-state index in [9.17, 15) is 4.79 Å². The van der Waals surface area contributed by atoms with Crippen LogP contribution in [-0.4, -0.2) is 47.9 Å². The van der Waals surface area contributed by atoms with Crippen LogP contribution in [0.15, 0.2) is 103 Å². The average Bonchev–Trinajstić information content (AvgIpc) is 3.39. The van der Waals surface area contributed by atoms with E-state index in [1.165, 1.54) is 24.0 Å². The lowest BCUT2D eigenvalue weighted by molar-refractivity contribution is 0.0771. The summed E-state index contributed by atoms with van der Waals surface area (Å²) in [4.78, 5) is 18.6. The number of carbonyl (C=O) groups excluding carboxylic acids is 1. The molecule has 0 unspecified atom stereocenters. The number of piperidine rings is 1. The predicted octanol–water partition coefficient (Wildman–Crippen LogP) is 6.33. The maximum atomic E-state index is 13.8. The lowest BCUT2D eigenvalue weighted by Crippen LogP contribution is -2.45. The predicted molar refractivity (Wildman–Crippen MR) is 143 cm³/mol. The fourth-order valence-corrected chi connectivity index (χ4v) is 6.22. The molecule has 3 nitrogen and oxygen atoms in total. The summed E-state index contributed by atoms with van der Waals surface area (Å²) >= 11 is 0. The van der Waals surface area contributed by atoms with Crippen molar-refractivity contribution in [2.75, 3.05) is 26.2 Å². The van der Waals surface area contributed by atoms with Crippen molar-refractivity contribution in [3.05, 3.63) is 120 Å². The van der Waals surface area contributed by atoms with Crippen molar-refractivity contribution in [1.29, 1.82) is 0 Å². The molecule has 35 heavy (non-hydrogen) atoms. The van der Waals surface area contributed by atoms with Crippen LogP contribution in [-0.2, 0) is 0 Å². The molecule has 2 saturated heterocycles. The molecule has 0 saturated carbocycles. The van der Waals surface area contributed by atoms with Crippen LogP contribution >= 0.6 is 0 Å². The Morgan fingerprint density at radius 3 is 2.03 bits per heavy atom. The lowest BCUT2D eigenvalue weighted by Gasteiger charge is -2.38. The van der Waals surface area contributed by atoms with E-state index in [1.807, 2.05) is 24.3 Å². The zero-order valence-corrected chi connectivity index (χ0v) is 20.1. The van der Waals surface area contributed by atoms with Gasteiger partial charge in [0.15, 0.2) is 0 Å². The number of hydrogen-bond donors (Lipinski definition) is 0. The highest BCUT2D eigenvalue weighted by Gasteiger charge is 2.41. The molecule has 0 radical (unpaired) electrons. The van der Waals surface area contributed by atoms with Crippen LogP contribution in [0.1, 0.15) is 46.2 Å². The number of rotatable bonds is 4. The minimum absolute atomic E-state index is 0.157. The molecule has 2 aliphatic heterocycles. The molecule has 176 valence electrons. The van der Waals surface area contributed by atoms with Crippen molar-refractivity contribution in [2.45, 2.75) is 30.7 Å². The normalized spacial score (nSPS) is 21.4. The second-order valence-corrected chi connectivity index (χ2v) is 10.0. The average molecular weight is 461 g/mol. The van der Waals surface area contributed by atoms with E-state index >= 15 is 0 Å². The Hall–Kier alpha value is -3.43. The second-order valence-electron chi connectivity index (χ2n) is 10.0. The number of likely N-dealkylation sites (tertiary alicyclic amines) is 2. The molecule has 0 aliphatic carbocycles. The summed E-state index contributed by atoms with van der Waals surface area (Å²) in [6, 6.07) is 36.4. The maximum Gasteiger partial charge on any atom is 0.254 e. The summed E-state index contributed by atoms with van der Waals surface area (Å²) in [6.45, 7) is 3.74. The Morgan fingerprint density at radius 2 is 1.29 bits per heavy atom. The van der Waals surface area contributed by atoms with Crippen LogP contribution in [0.25, 0.3) is 10.8 Å². The van der Waals surface area contributed by atoms with Gasteiger partial charge in [0.2, 0.25) is 0 Å². The van der Waals surface area contributed by atoms with Gasteiger partial charge in [-0.15, -0.1) is 0 Å². The highest BCUT2D eigenvalue weighted by Crippen LogP contribution is 2.36. The van der Waals surface area contributed by atoms with E-state index in [2.05, 4.69) is 88.7 Å². The fourth-order valence-electron chi connectivity index (χ4n) is 6.22. The summed E-state index contributed by atoms with van der Waals surface area (Å²) in [7, 11) is 0. The third-order valence-corrected chi connectivity index (χ3v) is 8.09. The third-order valence-electron chi connectivity index (χ3n) is 8.09. The third kappa shape index (κ3) is 4.37. The SMILES string of the molecule is O=C(c1cccc2ccccc12)N1C[C@@H](N2CCC(c3ccccc3)CC2)[C@H](c2ccccc2)C1. The van der Waals surface area contributed by atoms with Gasteiger partial charge < -0.3 is 4.90 Å². The molecule has 2 aliphatic rings. The Balaban J connectivity index is 1.25. The van der Waals surface area contributed by atoms with Crippen LogP contribution in [0, 0.1) is 0 Å². The molecule has 4 aromatic rings. The van der Waals surface area contributed by atoms with Gasteiger partial charge in [-0.1, -0.05) is 97.1 Å². The van der Waals surface area contributed by atoms with Gasteiger partial charge in [-0.05, 0) is 59.8 Å². The number of carbonyl (C=O) groups is 1. The Kier molecular flexibility index (Phi) is 6.10. The highest BCUT2D eigenvalue weighted by molar-refractivity contribution is 6.07. The first-order valence-electron chi connectivity index (χ1n) is 12.9. The lowest BCUT2D eigenvalue weighted by atomic mass is 9.87. The minimum atomic E-state index is 0.157. The van der Waals surface area contributed by atoms with Crippen molar-refractivity contribution < 1.29 is 4.79 Å². The zero-order valence-electron chi connectivity index (χ0n) is 20.1. The minimum Gasteiger partial charge on any atom is -0.336 e. The number of amides is 1. The summed E-state index contributed by atoms with van der Waals surface area (Å²) in [5, 5.41) is 2.17. The standard InChI is InChI=1S/C32H32N2O/c35-32(29-17-9-15-26-14-7-8-16-28(26)29)34-22-30(27-12-5-2-6-13-27)31(23-34)33-20-18-25(19-21-33)24-10-3-1-4-11-24/h1-17,25,30-31H,18-23H2/t30-,31+/m0/s1. The summed E-state index contributed by atoms with van der Waals surface area (Å²) < 4.78 is 0. The molecule has 0 N–H and O–H groups in total. The van der Waals surface area contributed by atoms with Crippen molar-refractivity contribution in [3.8, 4) is 0 Å². The van der Waals surface area contributed by atoms with Crippen molar-refractivity contribution in [2.24, 2.45) is 0 Å². The van der Waals surface area contributed by atoms with E-state index in [4.69, 9.17) is 0 Å². The van der Waals surface area contributed by atoms with Gasteiger partial charge in [-0.2, -0.15) is 0 Å². The summed E-state index contributed by atoms with van der Waals surface area (Å²) in [5.41, 5.74) is 3.63. The molecule has 1 amide bonds. The molecular formula is C32H32N2O. The first-order chi connectivity index (χ1) is 17.3.